The van der Waals surface area contributed by atoms with Crippen LogP contribution >= 0.6 is 0 Å². The first-order valence-corrected chi connectivity index (χ1v) is 16.0. The molecule has 1 aliphatic carbocycles. The van der Waals surface area contributed by atoms with E-state index in [9.17, 15) is 4.79 Å². The van der Waals surface area contributed by atoms with Gasteiger partial charge in [-0.1, -0.05) is 6.58 Å². The number of rotatable bonds is 7. The molecule has 1 aromatic carbocycles. The van der Waals surface area contributed by atoms with Crippen LogP contribution < -0.4 is 9.64 Å². The van der Waals surface area contributed by atoms with Gasteiger partial charge >= 0.3 is 6.01 Å². The Hall–Kier alpha value is -4.17. The van der Waals surface area contributed by atoms with Crippen LogP contribution in [0.1, 0.15) is 49.7 Å². The number of ether oxygens (including phenoxy) is 1. The largest absolute Gasteiger partial charge is 0.461 e. The number of piperazine rings is 1. The third kappa shape index (κ3) is 5.19. The molecule has 0 bridgehead atoms. The van der Waals surface area contributed by atoms with Crippen LogP contribution in [-0.2, 0) is 17.6 Å². The third-order valence-corrected chi connectivity index (χ3v) is 10.2. The van der Waals surface area contributed by atoms with E-state index in [2.05, 4.69) is 26.3 Å². The number of hydrogen-bond donors (Lipinski definition) is 0. The number of carbonyl (C=O) groups is 1. The van der Waals surface area contributed by atoms with Crippen LogP contribution in [0.5, 0.6) is 6.01 Å². The highest BCUT2D eigenvalue weighted by atomic mass is 19.1. The summed E-state index contributed by atoms with van der Waals surface area (Å²) in [7, 11) is 0. The highest BCUT2D eigenvalue weighted by Crippen LogP contribution is 2.41. The van der Waals surface area contributed by atoms with Crippen molar-refractivity contribution >= 4 is 22.6 Å². The summed E-state index contributed by atoms with van der Waals surface area (Å²) in [5, 5.41) is 0.227. The van der Waals surface area contributed by atoms with Crippen molar-refractivity contribution in [2.45, 2.75) is 62.9 Å². The molecule has 0 saturated carbocycles. The van der Waals surface area contributed by atoms with E-state index in [1.54, 1.807) is 17.3 Å². The molecule has 5 heterocycles. The van der Waals surface area contributed by atoms with Crippen LogP contribution in [-0.4, -0.2) is 88.1 Å². The number of halogens is 2. The van der Waals surface area contributed by atoms with Crippen molar-refractivity contribution in [1.82, 2.24) is 24.8 Å². The molecule has 0 N–H and O–H groups in total. The van der Waals surface area contributed by atoms with Gasteiger partial charge in [0.05, 0.1) is 11.1 Å². The van der Waals surface area contributed by atoms with Crippen molar-refractivity contribution in [3.8, 4) is 17.1 Å². The van der Waals surface area contributed by atoms with Crippen molar-refractivity contribution in [2.24, 2.45) is 0 Å². The number of amides is 1. The van der Waals surface area contributed by atoms with Crippen molar-refractivity contribution in [3.05, 3.63) is 65.3 Å². The zero-order valence-corrected chi connectivity index (χ0v) is 25.4. The number of aromatic nitrogens is 3. The average Bonchev–Trinajstić information content (AvgIpc) is 3.64. The summed E-state index contributed by atoms with van der Waals surface area (Å²) in [5.41, 5.74) is 2.21. The molecule has 0 spiro atoms. The predicted molar refractivity (Wildman–Crippen MR) is 167 cm³/mol. The Kier molecular flexibility index (Phi) is 7.86. The van der Waals surface area contributed by atoms with Gasteiger partial charge in [-0.15, -0.1) is 0 Å². The molecule has 4 aliphatic rings. The first kappa shape index (κ1) is 29.5. The maximum absolute atomic E-state index is 16.7. The molecule has 1 atom stereocenters. The van der Waals surface area contributed by atoms with E-state index in [1.807, 2.05) is 4.90 Å². The number of pyridine rings is 1. The van der Waals surface area contributed by atoms with Crippen molar-refractivity contribution in [1.29, 1.82) is 0 Å². The van der Waals surface area contributed by atoms with Crippen molar-refractivity contribution in [3.63, 3.8) is 0 Å². The Morgan fingerprint density at radius 1 is 1.11 bits per heavy atom. The second kappa shape index (κ2) is 12.0. The van der Waals surface area contributed by atoms with Gasteiger partial charge in [-0.2, -0.15) is 9.97 Å². The standard InChI is InChI=1S/C34H37F2N7O2/c1-3-28(44)43-15-14-41(20-23(43)18-37-2)32-25-16-27(35)29(26-19-38-17-22-8-4-5-9-24(22)26)30(36)31(25)39-33(40-32)45-21-34-10-6-12-42(34)13-7-11-34/h3,16-17,19,23H,1,4-15,18,20-21H2/t23-/m0/s1. The molecule has 3 fully saturated rings. The lowest BCUT2D eigenvalue weighted by molar-refractivity contribution is -0.128. The Morgan fingerprint density at radius 2 is 1.91 bits per heavy atom. The summed E-state index contributed by atoms with van der Waals surface area (Å²) < 4.78 is 39.2. The summed E-state index contributed by atoms with van der Waals surface area (Å²) in [5.74, 6) is -1.39. The van der Waals surface area contributed by atoms with Crippen LogP contribution in [0.15, 0.2) is 31.1 Å². The fourth-order valence-electron chi connectivity index (χ4n) is 7.96. The van der Waals surface area contributed by atoms with Crippen LogP contribution in [0.4, 0.5) is 14.6 Å². The smallest absolute Gasteiger partial charge is 0.319 e. The zero-order chi connectivity index (χ0) is 31.1. The Labute approximate surface area is 261 Å². The highest BCUT2D eigenvalue weighted by molar-refractivity contribution is 5.94. The third-order valence-electron chi connectivity index (χ3n) is 10.2. The summed E-state index contributed by atoms with van der Waals surface area (Å²) in [6.45, 7) is 14.6. The maximum atomic E-state index is 16.7. The number of anilines is 1. The minimum atomic E-state index is -0.765. The van der Waals surface area contributed by atoms with Gasteiger partial charge < -0.3 is 19.4 Å². The van der Waals surface area contributed by atoms with Gasteiger partial charge in [0.25, 0.3) is 0 Å². The minimum Gasteiger partial charge on any atom is -0.461 e. The Morgan fingerprint density at radius 3 is 2.69 bits per heavy atom. The number of hydrogen-bond acceptors (Lipinski definition) is 7. The number of fused-ring (bicyclic) bond motifs is 3. The topological polar surface area (TPSA) is 79.1 Å². The van der Waals surface area contributed by atoms with E-state index >= 15 is 8.78 Å². The van der Waals surface area contributed by atoms with Gasteiger partial charge in [0, 0.05) is 43.0 Å². The van der Waals surface area contributed by atoms with Gasteiger partial charge in [-0.05, 0) is 87.7 Å². The van der Waals surface area contributed by atoms with Gasteiger partial charge in [0.15, 0.2) is 5.82 Å². The molecule has 3 saturated heterocycles. The summed E-state index contributed by atoms with van der Waals surface area (Å²) in [6, 6.07) is 0.923. The molecular weight excluding hydrogens is 576 g/mol. The van der Waals surface area contributed by atoms with E-state index < -0.39 is 17.7 Å². The molecule has 1 amide bonds. The van der Waals surface area contributed by atoms with Gasteiger partial charge in [-0.3, -0.25) is 14.7 Å². The lowest BCUT2D eigenvalue weighted by Crippen LogP contribution is -2.56. The Balaban J connectivity index is 1.33. The quantitative estimate of drug-likeness (QED) is 0.275. The fourth-order valence-corrected chi connectivity index (χ4v) is 7.96. The van der Waals surface area contributed by atoms with E-state index in [0.29, 0.717) is 31.1 Å². The van der Waals surface area contributed by atoms with Crippen LogP contribution in [0.2, 0.25) is 0 Å². The highest BCUT2D eigenvalue weighted by Gasteiger charge is 2.45. The SMILES string of the molecule is [C-]#[N+]C[C@H]1CN(c2nc(OCC34CCCN3CCC4)nc3c(F)c(-c4cncc5c4CCCC5)c(F)cc23)CCN1C(=O)C=C. The zero-order valence-electron chi connectivity index (χ0n) is 25.4. The lowest BCUT2D eigenvalue weighted by Gasteiger charge is -2.39. The summed E-state index contributed by atoms with van der Waals surface area (Å²) in [4.78, 5) is 35.8. The predicted octanol–water partition coefficient (Wildman–Crippen LogP) is 4.98. The van der Waals surface area contributed by atoms with Crippen LogP contribution in [0.25, 0.3) is 26.9 Å². The van der Waals surface area contributed by atoms with E-state index in [-0.39, 0.29) is 47.0 Å². The molecule has 7 rings (SSSR count). The molecule has 0 radical (unpaired) electrons. The second-order valence-corrected chi connectivity index (χ2v) is 12.7. The molecule has 3 aromatic rings. The summed E-state index contributed by atoms with van der Waals surface area (Å²) in [6.07, 6.45) is 12.4. The number of aryl methyl sites for hydroxylation is 1. The number of benzene rings is 1. The Bertz CT molecular complexity index is 1700. The maximum Gasteiger partial charge on any atom is 0.319 e. The lowest BCUT2D eigenvalue weighted by atomic mass is 9.87. The minimum absolute atomic E-state index is 0.0154. The second-order valence-electron chi connectivity index (χ2n) is 12.7. The van der Waals surface area contributed by atoms with Crippen LogP contribution in [0, 0.1) is 18.2 Å². The van der Waals surface area contributed by atoms with Crippen molar-refractivity contribution < 1.29 is 18.3 Å². The first-order valence-electron chi connectivity index (χ1n) is 16.0. The number of nitrogens with zero attached hydrogens (tertiary/aromatic N) is 7. The van der Waals surface area contributed by atoms with Gasteiger partial charge in [-0.25, -0.2) is 15.4 Å². The normalized spacial score (nSPS) is 21.0. The van der Waals surface area contributed by atoms with Gasteiger partial charge in [0.1, 0.15) is 29.8 Å². The molecular formula is C34H37F2N7O2. The monoisotopic (exact) mass is 613 g/mol. The van der Waals surface area contributed by atoms with Crippen molar-refractivity contribution in [2.75, 3.05) is 50.8 Å². The molecule has 3 aliphatic heterocycles. The molecule has 0 unspecified atom stereocenters. The average molecular weight is 614 g/mol. The summed E-state index contributed by atoms with van der Waals surface area (Å²) >= 11 is 0. The number of carbonyl (C=O) groups excluding carboxylic acids is 1. The molecule has 9 nitrogen and oxygen atoms in total. The fraction of sp³-hybridized carbons (Fsp3) is 0.500. The molecule has 234 valence electrons. The van der Waals surface area contributed by atoms with Gasteiger partial charge in [0.2, 0.25) is 12.5 Å². The molecule has 11 heteroatoms. The van der Waals surface area contributed by atoms with E-state index in [0.717, 1.165) is 75.6 Å². The van der Waals surface area contributed by atoms with E-state index in [4.69, 9.17) is 16.3 Å². The molecule has 2 aromatic heterocycles. The molecule has 45 heavy (non-hydrogen) atoms. The van der Waals surface area contributed by atoms with Crippen LogP contribution in [0.3, 0.4) is 0 Å². The first-order chi connectivity index (χ1) is 21.9. The van der Waals surface area contributed by atoms with E-state index in [1.165, 1.54) is 12.1 Å².